The van der Waals surface area contributed by atoms with Crippen LogP contribution in [0.4, 0.5) is 10.5 Å². The molecule has 0 aliphatic rings. The van der Waals surface area contributed by atoms with Crippen molar-refractivity contribution in [3.8, 4) is 11.5 Å². The van der Waals surface area contributed by atoms with E-state index in [1.54, 1.807) is 0 Å². The monoisotopic (exact) mass is 292 g/mol. The number of nitrogens with one attached hydrogen (secondary N) is 4. The summed E-state index contributed by atoms with van der Waals surface area (Å²) < 4.78 is 0. The number of hydrogen-bond acceptors (Lipinski definition) is 4. The molecule has 0 aromatic heterocycles. The van der Waals surface area contributed by atoms with Gasteiger partial charge in [0.15, 0.2) is 17.5 Å². The van der Waals surface area contributed by atoms with Gasteiger partial charge in [0, 0.05) is 13.1 Å². The second-order valence-electron chi connectivity index (χ2n) is 3.12. The highest BCUT2D eigenvalue weighted by atomic mass is 35.5. The summed E-state index contributed by atoms with van der Waals surface area (Å²) >= 11 is 11.5. The van der Waals surface area contributed by atoms with E-state index in [4.69, 9.17) is 28.6 Å². The van der Waals surface area contributed by atoms with E-state index in [9.17, 15) is 15.0 Å². The van der Waals surface area contributed by atoms with E-state index in [-0.39, 0.29) is 21.7 Å². The highest BCUT2D eigenvalue weighted by molar-refractivity contribution is 6.41. The molecule has 0 spiro atoms. The minimum absolute atomic E-state index is 0.0542. The molecule has 0 atom stereocenters. The molecule has 0 unspecified atom stereocenters. The first-order valence-electron chi connectivity index (χ1n) is 4.61. The fraction of sp³-hybridized carbons (Fsp3) is 0.111. The Morgan fingerprint density at radius 3 is 2.56 bits per heavy atom. The zero-order valence-electron chi connectivity index (χ0n) is 9.14. The molecule has 0 fully saturated rings. The molecule has 18 heavy (non-hydrogen) atoms. The second kappa shape index (κ2) is 5.65. The zero-order chi connectivity index (χ0) is 13.9. The summed E-state index contributed by atoms with van der Waals surface area (Å²) in [7, 11) is 1.45. The van der Waals surface area contributed by atoms with Crippen LogP contribution in [0.2, 0.25) is 10.0 Å². The number of rotatable bonds is 1. The Bertz CT molecular complexity index is 507. The van der Waals surface area contributed by atoms with Gasteiger partial charge in [0.25, 0.3) is 0 Å². The van der Waals surface area contributed by atoms with E-state index in [1.807, 2.05) is 0 Å². The molecule has 7 nitrogen and oxygen atoms in total. The lowest BCUT2D eigenvalue weighted by atomic mass is 10.2. The molecule has 0 bridgehead atoms. The van der Waals surface area contributed by atoms with Gasteiger partial charge in [0.2, 0.25) is 0 Å². The number of aromatic hydroxyl groups is 2. The first-order valence-corrected chi connectivity index (χ1v) is 5.36. The minimum atomic E-state index is -0.775. The normalized spacial score (nSPS) is 9.72. The van der Waals surface area contributed by atoms with E-state index in [0.717, 1.165) is 6.07 Å². The molecule has 2 amide bonds. The third-order valence-electron chi connectivity index (χ3n) is 1.90. The molecule has 98 valence electrons. The molecule has 0 radical (unpaired) electrons. The molecular formula is C9H10Cl2N4O3. The van der Waals surface area contributed by atoms with Crippen LogP contribution in [0.3, 0.4) is 0 Å². The standard InChI is InChI=1S/C9H10Cl2N4O3/c1-13-8(12)15-9(18)14-6-3(10)2-4(16)7(17)5(6)11/h2,16-17H,1H3,(H4,12,13,14,15,18). The first kappa shape index (κ1) is 14.2. The van der Waals surface area contributed by atoms with Crippen molar-refractivity contribution in [2.24, 2.45) is 0 Å². The van der Waals surface area contributed by atoms with Crippen LogP contribution in [0, 0.1) is 5.41 Å². The maximum Gasteiger partial charge on any atom is 0.326 e. The summed E-state index contributed by atoms with van der Waals surface area (Å²) in [6, 6.07) is 0.255. The molecular weight excluding hydrogens is 283 g/mol. The average Bonchev–Trinajstić information content (AvgIpc) is 2.31. The van der Waals surface area contributed by atoms with Gasteiger partial charge in [-0.25, -0.2) is 4.79 Å². The Labute approximate surface area is 112 Å². The third-order valence-corrected chi connectivity index (χ3v) is 2.57. The van der Waals surface area contributed by atoms with Crippen molar-refractivity contribution < 1.29 is 15.0 Å². The Morgan fingerprint density at radius 2 is 2.00 bits per heavy atom. The fourth-order valence-corrected chi connectivity index (χ4v) is 1.57. The van der Waals surface area contributed by atoms with Gasteiger partial charge >= 0.3 is 6.03 Å². The smallest absolute Gasteiger partial charge is 0.326 e. The molecule has 6 N–H and O–H groups in total. The SMILES string of the molecule is CNC(=N)NC(=O)Nc1c(Cl)cc(O)c(O)c1Cl. The van der Waals surface area contributed by atoms with Crippen molar-refractivity contribution >= 4 is 40.9 Å². The molecule has 0 heterocycles. The average molecular weight is 293 g/mol. The number of phenolic OH excluding ortho intramolecular Hbond substituents is 2. The van der Waals surface area contributed by atoms with Crippen molar-refractivity contribution in [1.82, 2.24) is 10.6 Å². The van der Waals surface area contributed by atoms with E-state index in [2.05, 4.69) is 16.0 Å². The van der Waals surface area contributed by atoms with E-state index >= 15 is 0 Å². The lowest BCUT2D eigenvalue weighted by Crippen LogP contribution is -2.40. The Balaban J connectivity index is 2.95. The largest absolute Gasteiger partial charge is 0.504 e. The first-order chi connectivity index (χ1) is 8.36. The number of urea groups is 1. The number of phenols is 2. The summed E-state index contributed by atoms with van der Waals surface area (Å²) in [4.78, 5) is 11.4. The molecule has 1 aromatic carbocycles. The van der Waals surface area contributed by atoms with Crippen LogP contribution in [0.25, 0.3) is 0 Å². The molecule has 0 saturated carbocycles. The van der Waals surface area contributed by atoms with Crippen LogP contribution in [-0.2, 0) is 0 Å². The number of carbonyl (C=O) groups excluding carboxylic acids is 1. The zero-order valence-corrected chi connectivity index (χ0v) is 10.6. The van der Waals surface area contributed by atoms with Crippen LogP contribution in [0.1, 0.15) is 0 Å². The Hall–Kier alpha value is -1.86. The van der Waals surface area contributed by atoms with Gasteiger partial charge in [0.05, 0.1) is 10.7 Å². The molecule has 9 heteroatoms. The molecule has 0 saturated heterocycles. The van der Waals surface area contributed by atoms with Crippen molar-refractivity contribution in [1.29, 1.82) is 5.41 Å². The van der Waals surface area contributed by atoms with Gasteiger partial charge in [-0.15, -0.1) is 0 Å². The molecule has 0 aliphatic heterocycles. The van der Waals surface area contributed by atoms with Crippen molar-refractivity contribution in [2.45, 2.75) is 0 Å². The lowest BCUT2D eigenvalue weighted by Gasteiger charge is -2.12. The fourth-order valence-electron chi connectivity index (χ4n) is 1.03. The number of amides is 2. The summed E-state index contributed by atoms with van der Waals surface area (Å²) in [6.45, 7) is 0. The number of carbonyl (C=O) groups is 1. The summed E-state index contributed by atoms with van der Waals surface area (Å²) in [6.07, 6.45) is 0. The van der Waals surface area contributed by atoms with Crippen molar-refractivity contribution in [3.63, 3.8) is 0 Å². The van der Waals surface area contributed by atoms with Gasteiger partial charge in [-0.1, -0.05) is 23.2 Å². The van der Waals surface area contributed by atoms with Gasteiger partial charge in [-0.3, -0.25) is 10.7 Å². The lowest BCUT2D eigenvalue weighted by molar-refractivity contribution is 0.256. The van der Waals surface area contributed by atoms with Crippen LogP contribution < -0.4 is 16.0 Å². The van der Waals surface area contributed by atoms with E-state index in [1.165, 1.54) is 7.05 Å². The molecule has 1 rings (SSSR count). The number of halogens is 2. The molecule has 0 aliphatic carbocycles. The second-order valence-corrected chi connectivity index (χ2v) is 3.90. The van der Waals surface area contributed by atoms with Gasteiger partial charge < -0.3 is 20.8 Å². The summed E-state index contributed by atoms with van der Waals surface area (Å²) in [5, 5.41) is 32.2. The summed E-state index contributed by atoms with van der Waals surface area (Å²) in [5.74, 6) is -1.33. The van der Waals surface area contributed by atoms with E-state index < -0.39 is 17.5 Å². The number of benzene rings is 1. The number of anilines is 1. The predicted molar refractivity (Wildman–Crippen MR) is 68.7 cm³/mol. The molecule has 1 aromatic rings. The van der Waals surface area contributed by atoms with Crippen LogP contribution in [0.15, 0.2) is 6.07 Å². The highest BCUT2D eigenvalue weighted by Gasteiger charge is 2.17. The van der Waals surface area contributed by atoms with Gasteiger partial charge in [0.1, 0.15) is 5.02 Å². The highest BCUT2D eigenvalue weighted by Crippen LogP contribution is 2.43. The topological polar surface area (TPSA) is 117 Å². The Kier molecular flexibility index (Phi) is 4.46. The minimum Gasteiger partial charge on any atom is -0.504 e. The third kappa shape index (κ3) is 3.08. The number of guanidine groups is 1. The Morgan fingerprint density at radius 1 is 1.39 bits per heavy atom. The van der Waals surface area contributed by atoms with Gasteiger partial charge in [-0.2, -0.15) is 0 Å². The quantitative estimate of drug-likeness (QED) is 0.204. The predicted octanol–water partition coefficient (Wildman–Crippen LogP) is 1.68. The van der Waals surface area contributed by atoms with Gasteiger partial charge in [-0.05, 0) is 0 Å². The van der Waals surface area contributed by atoms with Crippen LogP contribution in [0.5, 0.6) is 11.5 Å². The maximum absolute atomic E-state index is 11.4. The van der Waals surface area contributed by atoms with Crippen molar-refractivity contribution in [3.05, 3.63) is 16.1 Å². The number of hydrogen-bond donors (Lipinski definition) is 6. The van der Waals surface area contributed by atoms with Crippen molar-refractivity contribution in [2.75, 3.05) is 12.4 Å². The van der Waals surface area contributed by atoms with Crippen LogP contribution >= 0.6 is 23.2 Å². The summed E-state index contributed by atoms with van der Waals surface area (Å²) in [5.41, 5.74) is -0.0740. The van der Waals surface area contributed by atoms with E-state index in [0.29, 0.717) is 0 Å². The maximum atomic E-state index is 11.4. The van der Waals surface area contributed by atoms with Crippen LogP contribution in [-0.4, -0.2) is 29.3 Å².